The molecular weight excluding hydrogens is 196 g/mol. The van der Waals surface area contributed by atoms with E-state index in [4.69, 9.17) is 0 Å². The van der Waals surface area contributed by atoms with Crippen LogP contribution in [0.5, 0.6) is 0 Å². The van der Waals surface area contributed by atoms with Gasteiger partial charge in [-0.2, -0.15) is 0 Å². The molecule has 0 aliphatic carbocycles. The van der Waals surface area contributed by atoms with Gasteiger partial charge >= 0.3 is 5.97 Å². The zero-order valence-electron chi connectivity index (χ0n) is 7.73. The molecule has 0 saturated heterocycles. The summed E-state index contributed by atoms with van der Waals surface area (Å²) in [6.45, 7) is 0. The van der Waals surface area contributed by atoms with Crippen LogP contribution in [0.3, 0.4) is 0 Å². The van der Waals surface area contributed by atoms with Gasteiger partial charge in [-0.05, 0) is 0 Å². The summed E-state index contributed by atoms with van der Waals surface area (Å²) in [5, 5.41) is 1.48. The van der Waals surface area contributed by atoms with Crippen molar-refractivity contribution in [2.75, 3.05) is 21.2 Å². The molecule has 1 N–H and O–H groups in total. The van der Waals surface area contributed by atoms with Gasteiger partial charge in [-0.3, -0.25) is 10.2 Å². The predicted octanol–water partition coefficient (Wildman–Crippen LogP) is -0.270. The minimum atomic E-state index is -0.552. The molecular formula is C7H13ClN2O3. The molecule has 0 unspecified atom stereocenters. The highest BCUT2D eigenvalue weighted by atomic mass is 35.5. The number of nitrogens with one attached hydrogen (secondary N) is 1. The first-order valence-electron chi connectivity index (χ1n) is 3.30. The Hall–Kier alpha value is -1.07. The van der Waals surface area contributed by atoms with Gasteiger partial charge in [0.25, 0.3) is 5.91 Å². The summed E-state index contributed by atoms with van der Waals surface area (Å²) in [6, 6.07) is 0. The van der Waals surface area contributed by atoms with Crippen LogP contribution in [0.4, 0.5) is 0 Å². The van der Waals surface area contributed by atoms with Gasteiger partial charge in [0, 0.05) is 26.2 Å². The Morgan fingerprint density at radius 1 is 1.31 bits per heavy atom. The molecule has 13 heavy (non-hydrogen) atoms. The number of rotatable bonds is 3. The van der Waals surface area contributed by atoms with Gasteiger partial charge in [-0.15, -0.1) is 12.4 Å². The summed E-state index contributed by atoms with van der Waals surface area (Å²) in [5.74, 6) is -0.922. The number of hydrogen-bond acceptors (Lipinski definition) is 4. The van der Waals surface area contributed by atoms with E-state index in [2.05, 4.69) is 10.2 Å². The lowest BCUT2D eigenvalue weighted by molar-refractivity contribution is -0.135. The largest absolute Gasteiger partial charge is 0.466 e. The van der Waals surface area contributed by atoms with Gasteiger partial charge < -0.3 is 4.74 Å². The first kappa shape index (κ1) is 14.5. The van der Waals surface area contributed by atoms with Gasteiger partial charge in [0.15, 0.2) is 0 Å². The molecule has 0 saturated carbocycles. The van der Waals surface area contributed by atoms with Gasteiger partial charge in [0.05, 0.1) is 7.11 Å². The molecule has 0 fully saturated rings. The lowest BCUT2D eigenvalue weighted by Crippen LogP contribution is -2.34. The van der Waals surface area contributed by atoms with E-state index >= 15 is 0 Å². The van der Waals surface area contributed by atoms with Crippen LogP contribution < -0.4 is 5.43 Å². The summed E-state index contributed by atoms with van der Waals surface area (Å²) in [4.78, 5) is 21.3. The molecule has 0 bridgehead atoms. The molecule has 0 heterocycles. The quantitative estimate of drug-likeness (QED) is 0.394. The second-order valence-electron chi connectivity index (χ2n) is 2.23. The number of hydrogen-bond donors (Lipinski definition) is 1. The van der Waals surface area contributed by atoms with Gasteiger partial charge in [-0.25, -0.2) is 9.80 Å². The average molecular weight is 209 g/mol. The third-order valence-electron chi connectivity index (χ3n) is 0.906. The van der Waals surface area contributed by atoms with Gasteiger partial charge in [0.1, 0.15) is 0 Å². The van der Waals surface area contributed by atoms with Crippen molar-refractivity contribution in [1.29, 1.82) is 0 Å². The van der Waals surface area contributed by atoms with E-state index in [1.807, 2.05) is 0 Å². The average Bonchev–Trinajstić information content (AvgIpc) is 1.99. The third kappa shape index (κ3) is 8.84. The molecule has 0 aromatic heterocycles. The molecule has 0 atom stereocenters. The second-order valence-corrected chi connectivity index (χ2v) is 2.23. The number of nitrogens with zero attached hydrogens (tertiary/aromatic N) is 1. The van der Waals surface area contributed by atoms with Crippen molar-refractivity contribution in [3.8, 4) is 0 Å². The maximum Gasteiger partial charge on any atom is 0.330 e. The van der Waals surface area contributed by atoms with E-state index in [-0.39, 0.29) is 18.3 Å². The highest BCUT2D eigenvalue weighted by Crippen LogP contribution is 1.78. The van der Waals surface area contributed by atoms with Crippen molar-refractivity contribution in [2.24, 2.45) is 0 Å². The monoisotopic (exact) mass is 208 g/mol. The zero-order valence-corrected chi connectivity index (χ0v) is 8.55. The number of hydrazine groups is 1. The van der Waals surface area contributed by atoms with Crippen LogP contribution in [-0.2, 0) is 14.3 Å². The van der Waals surface area contributed by atoms with Crippen LogP contribution in [-0.4, -0.2) is 38.1 Å². The second kappa shape index (κ2) is 7.57. The van der Waals surface area contributed by atoms with Crippen LogP contribution in [0.1, 0.15) is 0 Å². The normalized spacial score (nSPS) is 9.54. The maximum atomic E-state index is 10.8. The molecule has 5 nitrogen and oxygen atoms in total. The topological polar surface area (TPSA) is 58.6 Å². The van der Waals surface area contributed by atoms with E-state index in [1.54, 1.807) is 14.1 Å². The first-order valence-corrected chi connectivity index (χ1v) is 3.30. The van der Waals surface area contributed by atoms with Crippen LogP contribution >= 0.6 is 12.4 Å². The Bertz CT molecular complexity index is 204. The lowest BCUT2D eigenvalue weighted by Gasteiger charge is -2.08. The molecule has 76 valence electrons. The van der Waals surface area contributed by atoms with Crippen molar-refractivity contribution in [2.45, 2.75) is 0 Å². The zero-order chi connectivity index (χ0) is 9.56. The fourth-order valence-corrected chi connectivity index (χ4v) is 0.469. The molecule has 0 aromatic rings. The number of ether oxygens (including phenoxy) is 1. The Balaban J connectivity index is 0. The minimum Gasteiger partial charge on any atom is -0.466 e. The van der Waals surface area contributed by atoms with E-state index < -0.39 is 5.97 Å². The molecule has 0 aromatic carbocycles. The van der Waals surface area contributed by atoms with Gasteiger partial charge in [-0.1, -0.05) is 0 Å². The smallest absolute Gasteiger partial charge is 0.330 e. The Morgan fingerprint density at radius 3 is 2.23 bits per heavy atom. The van der Waals surface area contributed by atoms with E-state index in [0.717, 1.165) is 12.2 Å². The van der Waals surface area contributed by atoms with Crippen molar-refractivity contribution < 1.29 is 14.3 Å². The molecule has 0 aliphatic heterocycles. The van der Waals surface area contributed by atoms with Crippen molar-refractivity contribution in [3.05, 3.63) is 12.2 Å². The Morgan fingerprint density at radius 2 is 1.85 bits per heavy atom. The third-order valence-corrected chi connectivity index (χ3v) is 0.906. The van der Waals surface area contributed by atoms with Crippen LogP contribution in [0.15, 0.2) is 12.2 Å². The van der Waals surface area contributed by atoms with Crippen molar-refractivity contribution >= 4 is 24.3 Å². The number of halogens is 1. The van der Waals surface area contributed by atoms with Crippen LogP contribution in [0, 0.1) is 0 Å². The van der Waals surface area contributed by atoms with E-state index in [9.17, 15) is 9.59 Å². The van der Waals surface area contributed by atoms with E-state index in [1.165, 1.54) is 12.1 Å². The highest BCUT2D eigenvalue weighted by Gasteiger charge is 1.97. The van der Waals surface area contributed by atoms with Crippen LogP contribution in [0.25, 0.3) is 0 Å². The van der Waals surface area contributed by atoms with E-state index in [0.29, 0.717) is 0 Å². The molecule has 1 amide bonds. The number of methoxy groups -OCH3 is 1. The number of carbonyl (C=O) groups excluding carboxylic acids is 2. The summed E-state index contributed by atoms with van der Waals surface area (Å²) in [5.41, 5.74) is 2.42. The molecule has 0 rings (SSSR count). The fraction of sp³-hybridized carbons (Fsp3) is 0.429. The number of amides is 1. The van der Waals surface area contributed by atoms with Crippen molar-refractivity contribution in [3.63, 3.8) is 0 Å². The lowest BCUT2D eigenvalue weighted by atomic mass is 10.5. The molecule has 0 radical (unpaired) electrons. The summed E-state index contributed by atoms with van der Waals surface area (Å²) >= 11 is 0. The maximum absolute atomic E-state index is 10.8. The molecule has 0 aliphatic rings. The number of carbonyl (C=O) groups is 2. The fourth-order valence-electron chi connectivity index (χ4n) is 0.469. The van der Waals surface area contributed by atoms with Crippen molar-refractivity contribution in [1.82, 2.24) is 10.4 Å². The number of esters is 1. The van der Waals surface area contributed by atoms with Crippen LogP contribution in [0.2, 0.25) is 0 Å². The summed E-state index contributed by atoms with van der Waals surface area (Å²) in [6.07, 6.45) is 2.16. The SMILES string of the molecule is COC(=O)C=CC(=O)NN(C)C.Cl. The van der Waals surface area contributed by atoms with Gasteiger partial charge in [0.2, 0.25) is 0 Å². The Kier molecular flexibility index (Phi) is 8.42. The summed E-state index contributed by atoms with van der Waals surface area (Å²) < 4.78 is 4.29. The predicted molar refractivity (Wildman–Crippen MR) is 50.2 cm³/mol. The minimum absolute atomic E-state index is 0. The molecule has 6 heteroatoms. The standard InChI is InChI=1S/C7H12N2O3.ClH/c1-9(2)8-6(10)4-5-7(11)12-3;/h4-5H,1-3H3,(H,8,10);1H. The Labute approximate surface area is 83.1 Å². The summed E-state index contributed by atoms with van der Waals surface area (Å²) in [7, 11) is 4.59. The first-order chi connectivity index (χ1) is 5.56. The highest BCUT2D eigenvalue weighted by molar-refractivity contribution is 5.94. The molecule has 0 spiro atoms.